The fourth-order valence-corrected chi connectivity index (χ4v) is 2.79. The first-order valence-corrected chi connectivity index (χ1v) is 8.21. The number of aromatic nitrogens is 2. The standard InChI is InChI=1S/C16H20N4O2S/c1-10-12(3)23-16(19-10)20-15(22)8-7-14(21)18-11(2)13-6-4-5-9-17-13/h4-6,9,11H,7-8H2,1-3H3,(H,18,21)(H,19,20,22). The van der Waals surface area contributed by atoms with Crippen molar-refractivity contribution in [1.82, 2.24) is 15.3 Å². The summed E-state index contributed by atoms with van der Waals surface area (Å²) in [5.74, 6) is -0.385. The van der Waals surface area contributed by atoms with E-state index >= 15 is 0 Å². The molecule has 2 aromatic rings. The number of carbonyl (C=O) groups is 2. The number of amides is 2. The number of thiazole rings is 1. The molecule has 0 aliphatic heterocycles. The van der Waals surface area contributed by atoms with Crippen molar-refractivity contribution in [3.63, 3.8) is 0 Å². The summed E-state index contributed by atoms with van der Waals surface area (Å²) in [5.41, 5.74) is 1.70. The lowest BCUT2D eigenvalue weighted by molar-refractivity contribution is -0.124. The van der Waals surface area contributed by atoms with Crippen LogP contribution in [0.5, 0.6) is 0 Å². The van der Waals surface area contributed by atoms with Gasteiger partial charge in [0.25, 0.3) is 0 Å². The highest BCUT2D eigenvalue weighted by Gasteiger charge is 2.13. The van der Waals surface area contributed by atoms with Crippen molar-refractivity contribution >= 4 is 28.3 Å². The Morgan fingerprint density at radius 1 is 1.22 bits per heavy atom. The Balaban J connectivity index is 1.76. The number of carbonyl (C=O) groups excluding carboxylic acids is 2. The summed E-state index contributed by atoms with van der Waals surface area (Å²) in [6.07, 6.45) is 1.94. The van der Waals surface area contributed by atoms with Gasteiger partial charge < -0.3 is 10.6 Å². The maximum atomic E-state index is 11.9. The molecule has 0 bridgehead atoms. The SMILES string of the molecule is Cc1nc(NC(=O)CCC(=O)NC(C)c2ccccn2)sc1C. The molecular formula is C16H20N4O2S. The summed E-state index contributed by atoms with van der Waals surface area (Å²) in [6.45, 7) is 5.71. The molecule has 2 N–H and O–H groups in total. The fourth-order valence-electron chi connectivity index (χ4n) is 1.95. The van der Waals surface area contributed by atoms with E-state index in [-0.39, 0.29) is 30.7 Å². The number of rotatable bonds is 6. The highest BCUT2D eigenvalue weighted by molar-refractivity contribution is 7.15. The molecule has 7 heteroatoms. The van der Waals surface area contributed by atoms with Gasteiger partial charge in [0.15, 0.2) is 5.13 Å². The van der Waals surface area contributed by atoms with Crippen molar-refractivity contribution < 1.29 is 9.59 Å². The predicted octanol–water partition coefficient (Wildman–Crippen LogP) is 2.75. The molecule has 6 nitrogen and oxygen atoms in total. The van der Waals surface area contributed by atoms with Crippen molar-refractivity contribution in [1.29, 1.82) is 0 Å². The lowest BCUT2D eigenvalue weighted by Crippen LogP contribution is -2.28. The van der Waals surface area contributed by atoms with Gasteiger partial charge in [-0.05, 0) is 32.9 Å². The van der Waals surface area contributed by atoms with Crippen molar-refractivity contribution in [2.75, 3.05) is 5.32 Å². The summed E-state index contributed by atoms with van der Waals surface area (Å²) in [7, 11) is 0. The van der Waals surface area contributed by atoms with Crippen molar-refractivity contribution in [2.24, 2.45) is 0 Å². The molecule has 0 spiro atoms. The Kier molecular flexibility index (Phi) is 5.81. The van der Waals surface area contributed by atoms with E-state index in [0.717, 1.165) is 16.3 Å². The average Bonchev–Trinajstić information content (AvgIpc) is 2.84. The number of pyridine rings is 1. The van der Waals surface area contributed by atoms with Gasteiger partial charge in [-0.3, -0.25) is 14.6 Å². The Morgan fingerprint density at radius 3 is 2.57 bits per heavy atom. The third-order valence-electron chi connectivity index (χ3n) is 3.36. The molecule has 0 aliphatic carbocycles. The normalized spacial score (nSPS) is 11.8. The number of nitrogens with zero attached hydrogens (tertiary/aromatic N) is 2. The first-order valence-electron chi connectivity index (χ1n) is 7.40. The second kappa shape index (κ2) is 7.82. The number of nitrogens with one attached hydrogen (secondary N) is 2. The highest BCUT2D eigenvalue weighted by atomic mass is 32.1. The van der Waals surface area contributed by atoms with E-state index in [1.54, 1.807) is 6.20 Å². The van der Waals surface area contributed by atoms with Gasteiger partial charge in [-0.1, -0.05) is 6.07 Å². The summed E-state index contributed by atoms with van der Waals surface area (Å²) in [6, 6.07) is 5.36. The quantitative estimate of drug-likeness (QED) is 0.852. The van der Waals surface area contributed by atoms with E-state index in [0.29, 0.717) is 5.13 Å². The van der Waals surface area contributed by atoms with Gasteiger partial charge in [-0.2, -0.15) is 0 Å². The Bertz CT molecular complexity index is 665. The molecule has 0 saturated heterocycles. The second-order valence-corrected chi connectivity index (χ2v) is 6.46. The minimum Gasteiger partial charge on any atom is -0.348 e. The maximum absolute atomic E-state index is 11.9. The zero-order valence-corrected chi connectivity index (χ0v) is 14.2. The van der Waals surface area contributed by atoms with Crippen LogP contribution in [0.4, 0.5) is 5.13 Å². The molecule has 2 rings (SSSR count). The van der Waals surface area contributed by atoms with Crippen LogP contribution in [0.15, 0.2) is 24.4 Å². The van der Waals surface area contributed by atoms with Crippen molar-refractivity contribution in [2.45, 2.75) is 39.7 Å². The predicted molar refractivity (Wildman–Crippen MR) is 90.2 cm³/mol. The molecule has 2 heterocycles. The van der Waals surface area contributed by atoms with E-state index in [9.17, 15) is 9.59 Å². The molecular weight excluding hydrogens is 312 g/mol. The van der Waals surface area contributed by atoms with Gasteiger partial charge in [-0.15, -0.1) is 11.3 Å². The molecule has 0 aliphatic rings. The van der Waals surface area contributed by atoms with Crippen LogP contribution in [-0.2, 0) is 9.59 Å². The zero-order valence-electron chi connectivity index (χ0n) is 13.4. The molecule has 2 aromatic heterocycles. The Hall–Kier alpha value is -2.28. The molecule has 122 valence electrons. The third-order valence-corrected chi connectivity index (χ3v) is 4.35. The van der Waals surface area contributed by atoms with Crippen LogP contribution in [-0.4, -0.2) is 21.8 Å². The molecule has 0 fully saturated rings. The number of hydrogen-bond donors (Lipinski definition) is 2. The summed E-state index contributed by atoms with van der Waals surface area (Å²) >= 11 is 1.43. The van der Waals surface area contributed by atoms with Gasteiger partial charge in [0, 0.05) is 23.9 Å². The monoisotopic (exact) mass is 332 g/mol. The topological polar surface area (TPSA) is 84.0 Å². The molecule has 1 unspecified atom stereocenters. The van der Waals surface area contributed by atoms with Crippen LogP contribution in [0.3, 0.4) is 0 Å². The van der Waals surface area contributed by atoms with Crippen molar-refractivity contribution in [3.8, 4) is 0 Å². The van der Waals surface area contributed by atoms with Crippen LogP contribution in [0, 0.1) is 13.8 Å². The van der Waals surface area contributed by atoms with Crippen LogP contribution in [0.1, 0.15) is 42.1 Å². The first-order chi connectivity index (χ1) is 11.0. The van der Waals surface area contributed by atoms with E-state index in [4.69, 9.17) is 0 Å². The molecule has 1 atom stereocenters. The number of hydrogen-bond acceptors (Lipinski definition) is 5. The van der Waals surface area contributed by atoms with E-state index in [1.165, 1.54) is 11.3 Å². The van der Waals surface area contributed by atoms with Crippen molar-refractivity contribution in [3.05, 3.63) is 40.7 Å². The Morgan fingerprint density at radius 2 is 1.96 bits per heavy atom. The second-order valence-electron chi connectivity index (χ2n) is 5.25. The van der Waals surface area contributed by atoms with E-state index in [1.807, 2.05) is 39.0 Å². The van der Waals surface area contributed by atoms with E-state index in [2.05, 4.69) is 20.6 Å². The van der Waals surface area contributed by atoms with Crippen LogP contribution < -0.4 is 10.6 Å². The first kappa shape index (κ1) is 17.1. The van der Waals surface area contributed by atoms with Crippen LogP contribution >= 0.6 is 11.3 Å². The van der Waals surface area contributed by atoms with Gasteiger partial charge in [0.05, 0.1) is 17.4 Å². The largest absolute Gasteiger partial charge is 0.348 e. The van der Waals surface area contributed by atoms with Crippen LogP contribution in [0.25, 0.3) is 0 Å². The molecule has 23 heavy (non-hydrogen) atoms. The summed E-state index contributed by atoms with van der Waals surface area (Å²) in [4.78, 5) is 33.3. The van der Waals surface area contributed by atoms with Gasteiger partial charge in [0.1, 0.15) is 0 Å². The van der Waals surface area contributed by atoms with Gasteiger partial charge in [-0.25, -0.2) is 4.98 Å². The average molecular weight is 332 g/mol. The zero-order chi connectivity index (χ0) is 16.8. The van der Waals surface area contributed by atoms with Gasteiger partial charge in [0.2, 0.25) is 11.8 Å². The molecule has 0 radical (unpaired) electrons. The Labute approximate surface area is 139 Å². The maximum Gasteiger partial charge on any atom is 0.226 e. The third kappa shape index (κ3) is 5.14. The summed E-state index contributed by atoms with van der Waals surface area (Å²) in [5, 5.41) is 6.13. The van der Waals surface area contributed by atoms with Gasteiger partial charge >= 0.3 is 0 Å². The highest BCUT2D eigenvalue weighted by Crippen LogP contribution is 2.21. The van der Waals surface area contributed by atoms with E-state index < -0.39 is 0 Å². The number of anilines is 1. The number of aryl methyl sites for hydroxylation is 2. The lowest BCUT2D eigenvalue weighted by atomic mass is 10.2. The minimum atomic E-state index is -0.209. The molecule has 0 aromatic carbocycles. The lowest BCUT2D eigenvalue weighted by Gasteiger charge is -2.13. The molecule has 2 amide bonds. The fraction of sp³-hybridized carbons (Fsp3) is 0.375. The minimum absolute atomic E-state index is 0.123. The molecule has 0 saturated carbocycles. The smallest absolute Gasteiger partial charge is 0.226 e. The van der Waals surface area contributed by atoms with Crippen LogP contribution in [0.2, 0.25) is 0 Å². The summed E-state index contributed by atoms with van der Waals surface area (Å²) < 4.78 is 0.